The highest BCUT2D eigenvalue weighted by atomic mass is 32.2. The second-order valence-corrected chi connectivity index (χ2v) is 10.7. The van der Waals surface area contributed by atoms with Gasteiger partial charge in [-0.2, -0.15) is 8.42 Å². The van der Waals surface area contributed by atoms with Crippen molar-refractivity contribution in [2.45, 2.75) is 26.2 Å². The predicted octanol–water partition coefficient (Wildman–Crippen LogP) is 4.30. The van der Waals surface area contributed by atoms with Gasteiger partial charge in [0.2, 0.25) is 0 Å². The highest BCUT2D eigenvalue weighted by Crippen LogP contribution is 2.33. The van der Waals surface area contributed by atoms with E-state index < -0.39 is 22.0 Å². The maximum absolute atomic E-state index is 13.4. The number of anilines is 1. The second-order valence-electron chi connectivity index (χ2n) is 9.08. The smallest absolute Gasteiger partial charge is 0.354 e. The fraction of sp³-hybridized carbons (Fsp3) is 0.192. The zero-order chi connectivity index (χ0) is 26.0. The van der Waals surface area contributed by atoms with Crippen molar-refractivity contribution in [3.05, 3.63) is 89.0 Å². The van der Waals surface area contributed by atoms with Crippen molar-refractivity contribution >= 4 is 33.5 Å². The fourth-order valence-corrected chi connectivity index (χ4v) is 3.81. The summed E-state index contributed by atoms with van der Waals surface area (Å²) in [5, 5.41) is 10.3. The molecule has 1 amide bonds. The molecule has 0 bridgehead atoms. The third-order valence-corrected chi connectivity index (χ3v) is 5.70. The van der Waals surface area contributed by atoms with Crippen LogP contribution in [0.15, 0.2) is 66.7 Å². The minimum atomic E-state index is -4.03. The van der Waals surface area contributed by atoms with Crippen molar-refractivity contribution in [2.75, 3.05) is 11.6 Å². The van der Waals surface area contributed by atoms with Gasteiger partial charge in [0.15, 0.2) is 0 Å². The Balaban J connectivity index is 2.11. The molecule has 0 aliphatic carbocycles. The summed E-state index contributed by atoms with van der Waals surface area (Å²) < 4.78 is 27.7. The van der Waals surface area contributed by atoms with E-state index in [4.69, 9.17) is 11.1 Å². The molecule has 0 fully saturated rings. The average molecular weight is 494 g/mol. The van der Waals surface area contributed by atoms with Crippen LogP contribution in [-0.4, -0.2) is 32.4 Å². The number of nitrogens with one attached hydrogen (secondary N) is 2. The van der Waals surface area contributed by atoms with Crippen molar-refractivity contribution < 1.29 is 22.2 Å². The largest absolute Gasteiger partial charge is 0.384 e. The zero-order valence-corrected chi connectivity index (χ0v) is 20.7. The molecule has 0 atom stereocenters. The highest BCUT2D eigenvalue weighted by Gasteiger charge is 2.24. The molecule has 4 N–H and O–H groups in total. The minimum Gasteiger partial charge on any atom is -0.384 e. The molecule has 3 aromatic carbocycles. The van der Waals surface area contributed by atoms with Gasteiger partial charge >= 0.3 is 16.1 Å². The van der Waals surface area contributed by atoms with E-state index in [2.05, 4.69) is 9.50 Å². The van der Waals surface area contributed by atoms with Crippen LogP contribution >= 0.6 is 0 Å². The number of carbonyl (C=O) groups is 2. The van der Waals surface area contributed by atoms with Gasteiger partial charge in [-0.05, 0) is 58.5 Å². The van der Waals surface area contributed by atoms with Crippen molar-refractivity contribution in [3.63, 3.8) is 0 Å². The summed E-state index contributed by atoms with van der Waals surface area (Å²) >= 11 is 0. The van der Waals surface area contributed by atoms with Crippen LogP contribution in [0.2, 0.25) is 0 Å². The Bertz CT molecular complexity index is 1410. The molecule has 0 aromatic heterocycles. The minimum absolute atomic E-state index is 0.0151. The summed E-state index contributed by atoms with van der Waals surface area (Å²) in [7, 11) is -4.03. The predicted molar refractivity (Wildman–Crippen MR) is 136 cm³/mol. The van der Waals surface area contributed by atoms with Gasteiger partial charge in [-0.3, -0.25) is 10.2 Å². The maximum atomic E-state index is 13.4. The number of hydrogen-bond donors (Lipinski definition) is 3. The molecule has 182 valence electrons. The molecule has 0 aliphatic heterocycles. The molecule has 0 radical (unpaired) electrons. The van der Waals surface area contributed by atoms with Gasteiger partial charge in [0.25, 0.3) is 5.91 Å². The molecule has 0 unspecified atom stereocenters. The lowest BCUT2D eigenvalue weighted by Crippen LogP contribution is -2.18. The Morgan fingerprint density at radius 1 is 0.914 bits per heavy atom. The van der Waals surface area contributed by atoms with E-state index in [0.29, 0.717) is 27.9 Å². The number of carbonyl (C=O) groups excluding carboxylic acids is 2. The Hall–Kier alpha value is -3.98. The van der Waals surface area contributed by atoms with E-state index >= 15 is 0 Å². The molecule has 8 nitrogen and oxygen atoms in total. The second kappa shape index (κ2) is 9.71. The first-order valence-corrected chi connectivity index (χ1v) is 12.5. The lowest BCUT2D eigenvalue weighted by atomic mass is 9.83. The number of rotatable bonds is 6. The van der Waals surface area contributed by atoms with Gasteiger partial charge in [-0.1, -0.05) is 51.1 Å². The molecule has 35 heavy (non-hydrogen) atoms. The number of benzene rings is 3. The first-order valence-electron chi connectivity index (χ1n) is 10.7. The molecular formula is C26H27N3O5S. The van der Waals surface area contributed by atoms with Crippen LogP contribution in [0.3, 0.4) is 0 Å². The highest BCUT2D eigenvalue weighted by molar-refractivity contribution is 7.86. The Kier molecular flexibility index (Phi) is 7.11. The normalized spacial score (nSPS) is 11.5. The standard InChI is InChI=1S/C26H27N3O5S/c1-26(2,3)17-11-14-20(19-7-5-6-8-21(19)25(31)34-35(4,32)33)22(15-17)24(30)29-18-12-9-16(10-13-18)23(27)28/h5-15H,1-4H3,(H3,27,28)(H,29,30). The molecule has 9 heteroatoms. The first-order chi connectivity index (χ1) is 16.3. The number of amides is 1. The van der Waals surface area contributed by atoms with E-state index in [1.807, 2.05) is 26.8 Å². The van der Waals surface area contributed by atoms with E-state index in [-0.39, 0.29) is 16.8 Å². The van der Waals surface area contributed by atoms with Gasteiger partial charge in [0, 0.05) is 16.8 Å². The van der Waals surface area contributed by atoms with E-state index in [1.54, 1.807) is 54.6 Å². The molecular weight excluding hydrogens is 466 g/mol. The molecule has 0 heterocycles. The van der Waals surface area contributed by atoms with E-state index in [9.17, 15) is 18.0 Å². The van der Waals surface area contributed by atoms with Crippen molar-refractivity contribution in [1.82, 2.24) is 0 Å². The van der Waals surface area contributed by atoms with Gasteiger partial charge in [-0.15, -0.1) is 0 Å². The molecule has 3 rings (SSSR count). The molecule has 0 spiro atoms. The van der Waals surface area contributed by atoms with Crippen molar-refractivity contribution in [1.29, 1.82) is 5.41 Å². The average Bonchev–Trinajstić information content (AvgIpc) is 2.77. The number of amidine groups is 1. The van der Waals surface area contributed by atoms with Gasteiger partial charge < -0.3 is 15.2 Å². The summed E-state index contributed by atoms with van der Waals surface area (Å²) in [6.07, 6.45) is 0.794. The fourth-order valence-electron chi connectivity index (χ4n) is 3.44. The Morgan fingerprint density at radius 2 is 1.51 bits per heavy atom. The zero-order valence-electron chi connectivity index (χ0n) is 19.9. The van der Waals surface area contributed by atoms with Crippen LogP contribution in [-0.2, 0) is 19.7 Å². The maximum Gasteiger partial charge on any atom is 0.354 e. The molecule has 0 aliphatic rings. The summed E-state index contributed by atoms with van der Waals surface area (Å²) in [6.45, 7) is 6.05. The van der Waals surface area contributed by atoms with E-state index in [1.165, 1.54) is 6.07 Å². The van der Waals surface area contributed by atoms with Crippen LogP contribution < -0.4 is 11.1 Å². The molecule has 0 saturated heterocycles. The van der Waals surface area contributed by atoms with Crippen LogP contribution in [0.1, 0.15) is 52.6 Å². The first kappa shape index (κ1) is 25.6. The van der Waals surface area contributed by atoms with Gasteiger partial charge in [0.05, 0.1) is 11.8 Å². The molecule has 0 saturated carbocycles. The third-order valence-electron chi connectivity index (χ3n) is 5.25. The summed E-state index contributed by atoms with van der Waals surface area (Å²) in [4.78, 5) is 26.0. The summed E-state index contributed by atoms with van der Waals surface area (Å²) in [6, 6.07) is 18.2. The van der Waals surface area contributed by atoms with Crippen LogP contribution in [0.4, 0.5) is 5.69 Å². The van der Waals surface area contributed by atoms with Crippen molar-refractivity contribution in [3.8, 4) is 11.1 Å². The third kappa shape index (κ3) is 6.33. The summed E-state index contributed by atoms with van der Waals surface area (Å²) in [5.41, 5.74) is 8.27. The Labute approximate surface area is 204 Å². The number of nitrogen functional groups attached to an aromatic ring is 1. The van der Waals surface area contributed by atoms with E-state index in [0.717, 1.165) is 11.8 Å². The topological polar surface area (TPSA) is 139 Å². The SMILES string of the molecule is CC(C)(C)c1ccc(-c2ccccc2C(=O)OS(C)(=O)=O)c(C(=O)Nc2ccc(C(=N)N)cc2)c1. The summed E-state index contributed by atoms with van der Waals surface area (Å²) in [5.74, 6) is -1.54. The molecule has 3 aromatic rings. The lowest BCUT2D eigenvalue weighted by Gasteiger charge is -2.22. The van der Waals surface area contributed by atoms with Crippen molar-refractivity contribution in [2.24, 2.45) is 5.73 Å². The Morgan fingerprint density at radius 3 is 2.09 bits per heavy atom. The lowest BCUT2D eigenvalue weighted by molar-refractivity contribution is 0.0748. The van der Waals surface area contributed by atoms with Crippen LogP contribution in [0.25, 0.3) is 11.1 Å². The number of hydrogen-bond acceptors (Lipinski definition) is 6. The monoisotopic (exact) mass is 493 g/mol. The van der Waals surface area contributed by atoms with Crippen LogP contribution in [0.5, 0.6) is 0 Å². The number of nitrogens with two attached hydrogens (primary N) is 1. The van der Waals surface area contributed by atoms with Gasteiger partial charge in [-0.25, -0.2) is 4.79 Å². The van der Waals surface area contributed by atoms with Gasteiger partial charge in [0.1, 0.15) is 5.84 Å². The van der Waals surface area contributed by atoms with Crippen LogP contribution in [0, 0.1) is 5.41 Å². The quantitative estimate of drug-likeness (QED) is 0.266.